The number of amidine groups is 1. The zero-order chi connectivity index (χ0) is 29.1. The van der Waals surface area contributed by atoms with E-state index in [4.69, 9.17) is 37.8 Å². The Hall–Kier alpha value is -4.20. The molecule has 0 saturated heterocycles. The van der Waals surface area contributed by atoms with Crippen molar-refractivity contribution in [3.8, 4) is 11.5 Å². The molecule has 9 heteroatoms. The molecule has 210 valence electrons. The second-order valence-corrected chi connectivity index (χ2v) is 10.6. The smallest absolute Gasteiger partial charge is 0.198 e. The fraction of sp³-hybridized carbons (Fsp3) is 0.188. The summed E-state index contributed by atoms with van der Waals surface area (Å²) in [5.41, 5.74) is 4.20. The monoisotopic (exact) mass is 588 g/mol. The fourth-order valence-corrected chi connectivity index (χ4v) is 5.20. The summed E-state index contributed by atoms with van der Waals surface area (Å²) in [7, 11) is 5.57. The predicted molar refractivity (Wildman–Crippen MR) is 167 cm³/mol. The molecule has 0 radical (unpaired) electrons. The molecule has 4 aromatic carbocycles. The average Bonchev–Trinajstić information content (AvgIpc) is 3.38. The Labute approximate surface area is 250 Å². The third-order valence-electron chi connectivity index (χ3n) is 6.78. The number of benzene rings is 4. The lowest BCUT2D eigenvalue weighted by Crippen LogP contribution is -2.38. The highest BCUT2D eigenvalue weighted by molar-refractivity contribution is 6.44. The molecule has 0 N–H and O–H groups in total. The number of carbonyl (C=O) groups is 1. The van der Waals surface area contributed by atoms with Crippen LogP contribution >= 0.6 is 23.2 Å². The van der Waals surface area contributed by atoms with Crippen molar-refractivity contribution < 1.29 is 14.3 Å². The molecule has 0 aromatic heterocycles. The molecule has 0 bridgehead atoms. The highest BCUT2D eigenvalue weighted by atomic mass is 35.5. The highest BCUT2D eigenvalue weighted by Crippen LogP contribution is 2.45. The summed E-state index contributed by atoms with van der Waals surface area (Å²) in [6, 6.07) is 28.7. The number of ether oxygens (including phenoxy) is 2. The summed E-state index contributed by atoms with van der Waals surface area (Å²) in [5, 5.41) is 7.75. The molecular weight excluding hydrogens is 559 g/mol. The molecule has 1 aliphatic rings. The molecule has 5 rings (SSSR count). The van der Waals surface area contributed by atoms with E-state index in [0.29, 0.717) is 27.4 Å². The van der Waals surface area contributed by atoms with E-state index < -0.39 is 6.17 Å². The SMILES string of the molecule is COc1cccc([C@H]2N(c3ccccc3)N=C(C(C)=O)N2c2ccc(N(C)C)cc2)c1OCc1ccc(Cl)cc1Cl. The van der Waals surface area contributed by atoms with Gasteiger partial charge in [0.2, 0.25) is 0 Å². The van der Waals surface area contributed by atoms with E-state index in [9.17, 15) is 4.79 Å². The van der Waals surface area contributed by atoms with Crippen molar-refractivity contribution in [3.63, 3.8) is 0 Å². The molecule has 4 aromatic rings. The molecule has 0 aliphatic carbocycles. The van der Waals surface area contributed by atoms with E-state index in [1.165, 1.54) is 6.92 Å². The van der Waals surface area contributed by atoms with Crippen LogP contribution in [0.2, 0.25) is 10.0 Å². The van der Waals surface area contributed by atoms with Crippen LogP contribution in [0.15, 0.2) is 96.1 Å². The summed E-state index contributed by atoms with van der Waals surface area (Å²) >= 11 is 12.6. The first-order valence-corrected chi connectivity index (χ1v) is 13.8. The lowest BCUT2D eigenvalue weighted by Gasteiger charge is -2.33. The van der Waals surface area contributed by atoms with Crippen molar-refractivity contribution in [3.05, 3.63) is 112 Å². The van der Waals surface area contributed by atoms with Crippen molar-refractivity contribution in [2.45, 2.75) is 19.7 Å². The zero-order valence-electron chi connectivity index (χ0n) is 23.2. The van der Waals surface area contributed by atoms with E-state index >= 15 is 0 Å². The van der Waals surface area contributed by atoms with Gasteiger partial charge in [0.1, 0.15) is 6.61 Å². The molecule has 0 fully saturated rings. The van der Waals surface area contributed by atoms with Gasteiger partial charge in [-0.25, -0.2) is 5.01 Å². The van der Waals surface area contributed by atoms with Gasteiger partial charge in [0, 0.05) is 53.6 Å². The van der Waals surface area contributed by atoms with Crippen LogP contribution in [0.25, 0.3) is 0 Å². The zero-order valence-corrected chi connectivity index (χ0v) is 24.7. The van der Waals surface area contributed by atoms with Crippen LogP contribution in [0.4, 0.5) is 17.1 Å². The molecule has 0 amide bonds. The van der Waals surface area contributed by atoms with Gasteiger partial charge in [0.05, 0.1) is 12.8 Å². The summed E-state index contributed by atoms with van der Waals surface area (Å²) in [5.74, 6) is 1.20. The molecule has 1 aliphatic heterocycles. The van der Waals surface area contributed by atoms with Gasteiger partial charge in [-0.2, -0.15) is 0 Å². The average molecular weight is 590 g/mol. The number of para-hydroxylation sites is 2. The number of hydrogen-bond acceptors (Lipinski definition) is 7. The largest absolute Gasteiger partial charge is 0.493 e. The van der Waals surface area contributed by atoms with Crippen LogP contribution in [-0.4, -0.2) is 32.8 Å². The van der Waals surface area contributed by atoms with Gasteiger partial charge in [-0.05, 0) is 54.6 Å². The number of hydrogen-bond donors (Lipinski definition) is 0. The molecule has 0 spiro atoms. The first kappa shape index (κ1) is 28.3. The van der Waals surface area contributed by atoms with Gasteiger partial charge in [-0.3, -0.25) is 9.69 Å². The predicted octanol–water partition coefficient (Wildman–Crippen LogP) is 7.57. The second-order valence-electron chi connectivity index (χ2n) is 9.72. The molecule has 1 heterocycles. The summed E-state index contributed by atoms with van der Waals surface area (Å²) in [6.07, 6.45) is -0.563. The van der Waals surface area contributed by atoms with Crippen LogP contribution in [0, 0.1) is 0 Å². The number of hydrazone groups is 1. The molecule has 0 unspecified atom stereocenters. The van der Waals surface area contributed by atoms with Gasteiger partial charge < -0.3 is 14.4 Å². The van der Waals surface area contributed by atoms with Crippen LogP contribution in [-0.2, 0) is 11.4 Å². The fourth-order valence-electron chi connectivity index (χ4n) is 4.74. The van der Waals surface area contributed by atoms with Crippen LogP contribution in [0.3, 0.4) is 0 Å². The number of rotatable bonds is 9. The minimum atomic E-state index is -0.563. The normalized spacial score (nSPS) is 14.6. The number of methoxy groups -OCH3 is 1. The van der Waals surface area contributed by atoms with E-state index in [-0.39, 0.29) is 12.4 Å². The quantitative estimate of drug-likeness (QED) is 0.201. The minimum absolute atomic E-state index is 0.163. The molecule has 7 nitrogen and oxygen atoms in total. The van der Waals surface area contributed by atoms with Crippen molar-refractivity contribution in [1.29, 1.82) is 0 Å². The maximum absolute atomic E-state index is 13.1. The third kappa shape index (κ3) is 5.82. The molecule has 41 heavy (non-hydrogen) atoms. The number of nitrogens with zero attached hydrogens (tertiary/aromatic N) is 4. The van der Waals surface area contributed by atoms with Crippen LogP contribution in [0.1, 0.15) is 24.2 Å². The lowest BCUT2D eigenvalue weighted by atomic mass is 10.1. The third-order valence-corrected chi connectivity index (χ3v) is 7.37. The maximum Gasteiger partial charge on any atom is 0.198 e. The van der Waals surface area contributed by atoms with Crippen molar-refractivity contribution in [2.24, 2.45) is 5.10 Å². The van der Waals surface area contributed by atoms with Gasteiger partial charge in [0.25, 0.3) is 0 Å². The van der Waals surface area contributed by atoms with Gasteiger partial charge in [0.15, 0.2) is 29.3 Å². The topological polar surface area (TPSA) is 57.6 Å². The Morgan fingerprint density at radius 2 is 1.66 bits per heavy atom. The number of Topliss-reactive ketones (excluding diaryl/α,β-unsaturated/α-hetero) is 1. The standard InChI is InChI=1S/C32H30Cl2N4O3/c1-21(39)31-35-38(26-9-6-5-7-10-26)32(37(31)25-17-15-24(16-18-25)36(2)3)27-11-8-12-29(40-4)30(27)41-20-22-13-14-23(33)19-28(22)34/h5-19,32H,20H2,1-4H3/t32-/m1/s1. The van der Waals surface area contributed by atoms with E-state index in [1.807, 2.05) is 108 Å². The Morgan fingerprint density at radius 3 is 2.29 bits per heavy atom. The van der Waals surface area contributed by atoms with Crippen LogP contribution in [0.5, 0.6) is 11.5 Å². The number of anilines is 3. The van der Waals surface area contributed by atoms with Gasteiger partial charge in [-0.1, -0.05) is 59.6 Å². The molecular formula is C32H30Cl2N4O3. The summed E-state index contributed by atoms with van der Waals surface area (Å²) < 4.78 is 12.2. The van der Waals surface area contributed by atoms with Gasteiger partial charge in [-0.15, -0.1) is 5.10 Å². The van der Waals surface area contributed by atoms with Crippen molar-refractivity contribution in [1.82, 2.24) is 0 Å². The second kappa shape index (κ2) is 12.1. The van der Waals surface area contributed by atoms with Crippen molar-refractivity contribution in [2.75, 3.05) is 36.0 Å². The minimum Gasteiger partial charge on any atom is -0.493 e. The highest BCUT2D eigenvalue weighted by Gasteiger charge is 2.41. The number of halogens is 2. The molecule has 0 saturated carbocycles. The first-order chi connectivity index (χ1) is 19.8. The number of ketones is 1. The van der Waals surface area contributed by atoms with E-state index in [0.717, 1.165) is 28.2 Å². The van der Waals surface area contributed by atoms with Crippen LogP contribution < -0.4 is 24.3 Å². The number of carbonyl (C=O) groups excluding carboxylic acids is 1. The summed E-state index contributed by atoms with van der Waals surface area (Å²) in [6.45, 7) is 1.70. The summed E-state index contributed by atoms with van der Waals surface area (Å²) in [4.78, 5) is 17.0. The lowest BCUT2D eigenvalue weighted by molar-refractivity contribution is -0.111. The van der Waals surface area contributed by atoms with E-state index in [2.05, 4.69) is 0 Å². The Kier molecular flexibility index (Phi) is 8.38. The van der Waals surface area contributed by atoms with Gasteiger partial charge >= 0.3 is 0 Å². The Bertz CT molecular complexity index is 1580. The molecule has 1 atom stereocenters. The van der Waals surface area contributed by atoms with Crippen molar-refractivity contribution >= 4 is 51.9 Å². The maximum atomic E-state index is 13.1. The Morgan fingerprint density at radius 1 is 0.927 bits per heavy atom. The van der Waals surface area contributed by atoms with E-state index in [1.54, 1.807) is 19.2 Å². The first-order valence-electron chi connectivity index (χ1n) is 13.0. The Balaban J connectivity index is 1.66.